The maximum atomic E-state index is 10.7. The van der Waals surface area contributed by atoms with E-state index in [1.165, 1.54) is 12.8 Å². The standard InChI is InChI=1S/C7H14NOS/c1-10(9)8-7-5-3-2-4-6-7/h2,7-8H,3-6H2,1H3. The summed E-state index contributed by atoms with van der Waals surface area (Å²) in [5.41, 5.74) is 0. The first-order chi connectivity index (χ1) is 4.79. The summed E-state index contributed by atoms with van der Waals surface area (Å²) in [7, 11) is 0. The van der Waals surface area contributed by atoms with Gasteiger partial charge in [-0.05, 0) is 32.1 Å². The molecule has 59 valence electrons. The Balaban J connectivity index is 2.13. The zero-order chi connectivity index (χ0) is 7.40. The lowest BCUT2D eigenvalue weighted by molar-refractivity contribution is 0.464. The Hall–Kier alpha value is 0.270. The molecule has 0 amide bonds. The fourth-order valence-corrected chi connectivity index (χ4v) is 1.98. The summed E-state index contributed by atoms with van der Waals surface area (Å²) in [4.78, 5) is 0. The molecule has 1 radical (unpaired) electrons. The van der Waals surface area contributed by atoms with E-state index in [1.54, 1.807) is 6.26 Å². The highest BCUT2D eigenvalue weighted by Gasteiger charge is 2.15. The quantitative estimate of drug-likeness (QED) is 0.612. The highest BCUT2D eigenvalue weighted by Crippen LogP contribution is 2.16. The number of nitrogens with one attached hydrogen (secondary N) is 1. The van der Waals surface area contributed by atoms with Crippen molar-refractivity contribution >= 4 is 11.4 Å². The molecule has 3 heteroatoms. The van der Waals surface area contributed by atoms with Crippen molar-refractivity contribution in [3.63, 3.8) is 0 Å². The lowest BCUT2D eigenvalue weighted by Crippen LogP contribution is -2.35. The van der Waals surface area contributed by atoms with Crippen molar-refractivity contribution < 1.29 is 4.55 Å². The van der Waals surface area contributed by atoms with Crippen molar-refractivity contribution in [2.75, 3.05) is 6.26 Å². The molecule has 1 fully saturated rings. The third-order valence-corrected chi connectivity index (χ3v) is 2.44. The van der Waals surface area contributed by atoms with Gasteiger partial charge in [-0.3, -0.25) is 0 Å². The lowest BCUT2D eigenvalue weighted by Gasteiger charge is -2.21. The van der Waals surface area contributed by atoms with Gasteiger partial charge < -0.3 is 4.55 Å². The van der Waals surface area contributed by atoms with Gasteiger partial charge in [0.15, 0.2) is 0 Å². The fraction of sp³-hybridized carbons (Fsp3) is 0.857. The van der Waals surface area contributed by atoms with E-state index in [2.05, 4.69) is 11.1 Å². The van der Waals surface area contributed by atoms with Crippen molar-refractivity contribution in [3.05, 3.63) is 6.42 Å². The molecule has 0 aromatic rings. The molecule has 2 nitrogen and oxygen atoms in total. The van der Waals surface area contributed by atoms with Crippen molar-refractivity contribution in [2.45, 2.75) is 31.7 Å². The van der Waals surface area contributed by atoms with E-state index in [0.29, 0.717) is 6.04 Å². The molecular weight excluding hydrogens is 146 g/mol. The van der Waals surface area contributed by atoms with Crippen LogP contribution in [0.4, 0.5) is 0 Å². The molecule has 1 aliphatic rings. The predicted molar refractivity (Wildman–Crippen MR) is 43.8 cm³/mol. The second-order valence-electron chi connectivity index (χ2n) is 2.71. The Kier molecular flexibility index (Phi) is 3.52. The van der Waals surface area contributed by atoms with Crippen molar-refractivity contribution in [1.29, 1.82) is 0 Å². The van der Waals surface area contributed by atoms with E-state index >= 15 is 0 Å². The van der Waals surface area contributed by atoms with Gasteiger partial charge in [-0.15, -0.1) is 4.72 Å². The van der Waals surface area contributed by atoms with E-state index < -0.39 is 11.4 Å². The first kappa shape index (κ1) is 8.37. The van der Waals surface area contributed by atoms with Gasteiger partial charge in [0.2, 0.25) is 0 Å². The number of rotatable bonds is 2. The van der Waals surface area contributed by atoms with Crippen molar-refractivity contribution in [2.24, 2.45) is 0 Å². The van der Waals surface area contributed by atoms with Crippen LogP contribution < -0.4 is 4.72 Å². The van der Waals surface area contributed by atoms with Gasteiger partial charge in [0, 0.05) is 11.4 Å². The molecule has 0 aromatic heterocycles. The Labute approximate surface area is 65.7 Å². The predicted octanol–water partition coefficient (Wildman–Crippen LogP) is 1.02. The Bertz CT molecular complexity index is 91.6. The van der Waals surface area contributed by atoms with Crippen LogP contribution in [-0.4, -0.2) is 16.9 Å². The molecule has 1 aliphatic carbocycles. The molecule has 1 rings (SSSR count). The summed E-state index contributed by atoms with van der Waals surface area (Å²) in [5.74, 6) is 0. The summed E-state index contributed by atoms with van der Waals surface area (Å²) in [6, 6.07) is 0.496. The minimum atomic E-state index is -0.827. The summed E-state index contributed by atoms with van der Waals surface area (Å²) in [5, 5.41) is 0. The third kappa shape index (κ3) is 2.90. The average Bonchev–Trinajstić information content (AvgIpc) is 1.88. The summed E-state index contributed by atoms with van der Waals surface area (Å²) >= 11 is -0.827. The summed E-state index contributed by atoms with van der Waals surface area (Å²) in [6.45, 7) is 0. The van der Waals surface area contributed by atoms with E-state index in [4.69, 9.17) is 0 Å². The molecular formula is C7H14NOS. The van der Waals surface area contributed by atoms with Crippen LogP contribution in [0.25, 0.3) is 0 Å². The second-order valence-corrected chi connectivity index (χ2v) is 3.86. The average molecular weight is 160 g/mol. The smallest absolute Gasteiger partial charge is 0.115 e. The normalized spacial score (nSPS) is 24.6. The maximum Gasteiger partial charge on any atom is 0.115 e. The molecule has 0 aromatic carbocycles. The first-order valence-electron chi connectivity index (χ1n) is 3.70. The van der Waals surface area contributed by atoms with Crippen molar-refractivity contribution in [1.82, 2.24) is 4.72 Å². The van der Waals surface area contributed by atoms with Crippen molar-refractivity contribution in [3.8, 4) is 0 Å². The van der Waals surface area contributed by atoms with Crippen LogP contribution in [0.1, 0.15) is 25.7 Å². The zero-order valence-electron chi connectivity index (χ0n) is 6.30. The summed E-state index contributed by atoms with van der Waals surface area (Å²) < 4.78 is 13.7. The van der Waals surface area contributed by atoms with Crippen LogP contribution in [0.2, 0.25) is 0 Å². The maximum absolute atomic E-state index is 10.7. The summed E-state index contributed by atoms with van der Waals surface area (Å²) in [6.07, 6.45) is 8.65. The van der Waals surface area contributed by atoms with Gasteiger partial charge in [0.1, 0.15) is 6.26 Å². The SMILES string of the molecule is C[S+]([O-])NC1CC[CH]CC1. The fourth-order valence-electron chi connectivity index (χ4n) is 1.28. The molecule has 0 bridgehead atoms. The molecule has 0 heterocycles. The number of hydrogen-bond acceptors (Lipinski definition) is 2. The van der Waals surface area contributed by atoms with E-state index in [-0.39, 0.29) is 0 Å². The third-order valence-electron chi connectivity index (χ3n) is 1.77. The first-order valence-corrected chi connectivity index (χ1v) is 5.26. The monoisotopic (exact) mass is 160 g/mol. The van der Waals surface area contributed by atoms with Crippen LogP contribution in [-0.2, 0) is 11.4 Å². The van der Waals surface area contributed by atoms with E-state index in [1.807, 2.05) is 0 Å². The highest BCUT2D eigenvalue weighted by atomic mass is 32.2. The minimum Gasteiger partial charge on any atom is -0.598 e. The van der Waals surface area contributed by atoms with Crippen LogP contribution in [0.5, 0.6) is 0 Å². The largest absolute Gasteiger partial charge is 0.598 e. The minimum absolute atomic E-state index is 0.496. The molecule has 1 unspecified atom stereocenters. The van der Waals surface area contributed by atoms with Gasteiger partial charge in [0.05, 0.1) is 6.04 Å². The van der Waals surface area contributed by atoms with Crippen LogP contribution in [0.15, 0.2) is 0 Å². The lowest BCUT2D eigenvalue weighted by atomic mass is 9.96. The second kappa shape index (κ2) is 4.21. The van der Waals surface area contributed by atoms with Gasteiger partial charge in [0.25, 0.3) is 0 Å². The van der Waals surface area contributed by atoms with E-state index in [0.717, 1.165) is 12.8 Å². The Morgan fingerprint density at radius 3 is 2.60 bits per heavy atom. The van der Waals surface area contributed by atoms with Crippen LogP contribution in [0, 0.1) is 6.42 Å². The molecule has 1 N–H and O–H groups in total. The van der Waals surface area contributed by atoms with Gasteiger partial charge in [-0.2, -0.15) is 0 Å². The van der Waals surface area contributed by atoms with Crippen LogP contribution in [0.3, 0.4) is 0 Å². The Morgan fingerprint density at radius 2 is 2.10 bits per heavy atom. The number of hydrogen-bond donors (Lipinski definition) is 1. The molecule has 1 atom stereocenters. The van der Waals surface area contributed by atoms with Gasteiger partial charge >= 0.3 is 0 Å². The van der Waals surface area contributed by atoms with Gasteiger partial charge in [-0.1, -0.05) is 0 Å². The molecule has 0 spiro atoms. The van der Waals surface area contributed by atoms with Gasteiger partial charge in [-0.25, -0.2) is 0 Å². The topological polar surface area (TPSA) is 35.1 Å². The molecule has 10 heavy (non-hydrogen) atoms. The molecule has 0 aliphatic heterocycles. The van der Waals surface area contributed by atoms with Crippen LogP contribution >= 0.6 is 0 Å². The Morgan fingerprint density at radius 1 is 1.50 bits per heavy atom. The highest BCUT2D eigenvalue weighted by molar-refractivity contribution is 7.88. The van der Waals surface area contributed by atoms with E-state index in [9.17, 15) is 4.55 Å². The molecule has 0 saturated heterocycles. The zero-order valence-corrected chi connectivity index (χ0v) is 7.12. The molecule has 1 saturated carbocycles.